The molecular weight excluding hydrogens is 406 g/mol. The number of rotatable bonds is 2. The molecule has 164 valence electrons. The van der Waals surface area contributed by atoms with E-state index in [9.17, 15) is 4.79 Å². The van der Waals surface area contributed by atoms with Gasteiger partial charge in [-0.1, -0.05) is 18.3 Å². The lowest BCUT2D eigenvalue weighted by Crippen LogP contribution is -2.54. The fourth-order valence-electron chi connectivity index (χ4n) is 8.00. The van der Waals surface area contributed by atoms with Gasteiger partial charge in [-0.3, -0.25) is 4.98 Å². The Kier molecular flexibility index (Phi) is 4.54. The van der Waals surface area contributed by atoms with E-state index >= 15 is 0 Å². The maximum Gasteiger partial charge on any atom is 0.338 e. The largest absolute Gasteiger partial charge is 0.459 e. The number of nitrogens with zero attached hydrogens (tertiary/aromatic N) is 3. The molecule has 3 saturated carbocycles. The molecule has 0 spiro atoms. The number of hydrogen-bond donors (Lipinski definition) is 0. The second kappa shape index (κ2) is 7.09. The Morgan fingerprint density at radius 3 is 2.77 bits per heavy atom. The van der Waals surface area contributed by atoms with E-state index in [0.717, 1.165) is 30.6 Å². The van der Waals surface area contributed by atoms with Gasteiger partial charge in [-0.2, -0.15) is 0 Å². The van der Waals surface area contributed by atoms with Gasteiger partial charge in [0, 0.05) is 22.7 Å². The predicted molar refractivity (Wildman–Crippen MR) is 119 cm³/mol. The fourth-order valence-corrected chi connectivity index (χ4v) is 8.84. The Hall–Kier alpha value is -1.82. The molecule has 0 radical (unpaired) electrons. The topological polar surface area (TPSA) is 65.0 Å². The van der Waals surface area contributed by atoms with Crippen molar-refractivity contribution in [1.82, 2.24) is 14.6 Å². The van der Waals surface area contributed by atoms with Gasteiger partial charge in [0.25, 0.3) is 0 Å². The van der Waals surface area contributed by atoms with Gasteiger partial charge in [-0.25, -0.2) is 4.79 Å². The molecule has 0 unspecified atom stereocenters. The van der Waals surface area contributed by atoms with Gasteiger partial charge in [0.05, 0.1) is 11.3 Å². The molecule has 5 nitrogen and oxygen atoms in total. The number of carbonyl (C=O) groups excluding carboxylic acids is 1. The highest BCUT2D eigenvalue weighted by molar-refractivity contribution is 7.05. The van der Waals surface area contributed by atoms with Crippen LogP contribution in [0.15, 0.2) is 24.5 Å². The molecule has 4 aliphatic carbocycles. The molecular formula is C25H31N3O2S. The van der Waals surface area contributed by atoms with Crippen LogP contribution in [0.4, 0.5) is 0 Å². The second-order valence-corrected chi connectivity index (χ2v) is 11.7. The third-order valence-corrected chi connectivity index (χ3v) is 10.4. The monoisotopic (exact) mass is 437 g/mol. The summed E-state index contributed by atoms with van der Waals surface area (Å²) in [5.74, 6) is 2.80. The van der Waals surface area contributed by atoms with Crippen LogP contribution in [-0.4, -0.2) is 26.6 Å². The summed E-state index contributed by atoms with van der Waals surface area (Å²) >= 11 is 1.63. The summed E-state index contributed by atoms with van der Waals surface area (Å²) < 4.78 is 10.2. The van der Waals surface area contributed by atoms with Crippen molar-refractivity contribution < 1.29 is 9.53 Å². The fraction of sp³-hybridized carbons (Fsp3) is 0.680. The Morgan fingerprint density at radius 1 is 1.10 bits per heavy atom. The highest BCUT2D eigenvalue weighted by atomic mass is 32.1. The lowest BCUT2D eigenvalue weighted by molar-refractivity contribution is -0.113. The molecule has 0 N–H and O–H groups in total. The zero-order chi connectivity index (χ0) is 21.2. The number of carbonyl (C=O) groups is 1. The maximum absolute atomic E-state index is 12.6. The molecule has 2 heterocycles. The third-order valence-electron chi connectivity index (χ3n) is 9.70. The molecule has 3 fully saturated rings. The van der Waals surface area contributed by atoms with Crippen LogP contribution in [-0.2, 0) is 16.6 Å². The van der Waals surface area contributed by atoms with Crippen LogP contribution in [0.2, 0.25) is 0 Å². The number of fused-ring (bicyclic) bond motifs is 7. The summed E-state index contributed by atoms with van der Waals surface area (Å²) in [4.78, 5) is 18.0. The van der Waals surface area contributed by atoms with E-state index in [0.29, 0.717) is 16.9 Å². The average Bonchev–Trinajstić information content (AvgIpc) is 3.35. The van der Waals surface area contributed by atoms with Crippen LogP contribution >= 0.6 is 11.5 Å². The Labute approximate surface area is 188 Å². The minimum absolute atomic E-state index is 0.0536. The number of aromatic nitrogens is 3. The Bertz CT molecular complexity index is 994. The van der Waals surface area contributed by atoms with Crippen molar-refractivity contribution in [2.45, 2.75) is 76.7 Å². The first-order valence-electron chi connectivity index (χ1n) is 11.9. The first-order valence-corrected chi connectivity index (χ1v) is 12.7. The van der Waals surface area contributed by atoms with Gasteiger partial charge < -0.3 is 4.74 Å². The summed E-state index contributed by atoms with van der Waals surface area (Å²) in [6.45, 7) is 5.02. The zero-order valence-corrected chi connectivity index (χ0v) is 19.2. The highest BCUT2D eigenvalue weighted by Crippen LogP contribution is 2.65. The molecule has 0 amide bonds. The van der Waals surface area contributed by atoms with Gasteiger partial charge in [-0.15, -0.1) is 5.10 Å². The molecule has 6 heteroatoms. The van der Waals surface area contributed by atoms with Crippen molar-refractivity contribution in [3.05, 3.63) is 40.7 Å². The van der Waals surface area contributed by atoms with Crippen LogP contribution in [0.1, 0.15) is 79.7 Å². The van der Waals surface area contributed by atoms with Crippen molar-refractivity contribution in [3.8, 4) is 0 Å². The smallest absolute Gasteiger partial charge is 0.338 e. The van der Waals surface area contributed by atoms with Crippen LogP contribution in [0.5, 0.6) is 0 Å². The van der Waals surface area contributed by atoms with Gasteiger partial charge >= 0.3 is 5.97 Å². The summed E-state index contributed by atoms with van der Waals surface area (Å²) in [7, 11) is 0. The predicted octanol–water partition coefficient (Wildman–Crippen LogP) is 5.22. The lowest BCUT2D eigenvalue weighted by atomic mass is 9.45. The van der Waals surface area contributed by atoms with E-state index in [1.54, 1.807) is 36.1 Å². The molecule has 0 saturated heterocycles. The molecule has 2 aromatic rings. The van der Waals surface area contributed by atoms with Gasteiger partial charge in [0.1, 0.15) is 6.10 Å². The highest BCUT2D eigenvalue weighted by Gasteiger charge is 2.60. The van der Waals surface area contributed by atoms with E-state index < -0.39 is 0 Å². The van der Waals surface area contributed by atoms with Gasteiger partial charge in [0.2, 0.25) is 0 Å². The number of pyridine rings is 1. The summed E-state index contributed by atoms with van der Waals surface area (Å²) in [6.07, 6.45) is 12.9. The Morgan fingerprint density at radius 2 is 1.94 bits per heavy atom. The minimum Gasteiger partial charge on any atom is -0.459 e. The molecule has 0 aliphatic heterocycles. The SMILES string of the molecule is C[C@]12CC[C@H](OC(=O)c3ccncc3)C[C@@H]1CC[C@@H]1[C@@H]2CC[C@]2(C)c3nnsc3C[C@@H]12. The van der Waals surface area contributed by atoms with Crippen molar-refractivity contribution in [1.29, 1.82) is 0 Å². The van der Waals surface area contributed by atoms with Crippen molar-refractivity contribution in [2.24, 2.45) is 29.1 Å². The first-order chi connectivity index (χ1) is 15.0. The quantitative estimate of drug-likeness (QED) is 0.603. The average molecular weight is 438 g/mol. The van der Waals surface area contributed by atoms with Gasteiger partial charge in [-0.05, 0) is 104 Å². The van der Waals surface area contributed by atoms with E-state index in [-0.39, 0.29) is 17.5 Å². The van der Waals surface area contributed by atoms with Crippen LogP contribution in [0.3, 0.4) is 0 Å². The van der Waals surface area contributed by atoms with Crippen molar-refractivity contribution in [2.75, 3.05) is 0 Å². The second-order valence-electron chi connectivity index (χ2n) is 10.9. The summed E-state index contributed by atoms with van der Waals surface area (Å²) in [6, 6.07) is 3.48. The van der Waals surface area contributed by atoms with Crippen molar-refractivity contribution >= 4 is 17.5 Å². The normalized spacial score (nSPS) is 40.9. The third kappa shape index (κ3) is 2.93. The van der Waals surface area contributed by atoms with E-state index in [1.807, 2.05) is 0 Å². The van der Waals surface area contributed by atoms with Crippen LogP contribution in [0, 0.1) is 29.1 Å². The van der Waals surface area contributed by atoms with Gasteiger partial charge in [0.15, 0.2) is 0 Å². The first kappa shape index (κ1) is 19.8. The van der Waals surface area contributed by atoms with Crippen LogP contribution in [0.25, 0.3) is 0 Å². The summed E-state index contributed by atoms with van der Waals surface area (Å²) in [5.41, 5.74) is 2.55. The molecule has 0 bridgehead atoms. The van der Waals surface area contributed by atoms with Crippen molar-refractivity contribution in [3.63, 3.8) is 0 Å². The molecule has 0 aromatic carbocycles. The zero-order valence-electron chi connectivity index (χ0n) is 18.4. The van der Waals surface area contributed by atoms with E-state index in [4.69, 9.17) is 4.74 Å². The minimum atomic E-state index is -0.198. The Balaban J connectivity index is 1.18. The molecule has 2 aromatic heterocycles. The standard InChI is InChI=1S/C25H31N3O2S/c1-24-9-5-17(30-23(29)15-7-11-26-12-8-15)13-16(24)3-4-18-19(24)6-10-25(2)20(18)14-21-22(25)27-28-31-21/h7-8,11-12,16-20H,3-6,9-10,13-14H2,1-2H3/t16-,17-,18+,19-,20-,24-,25-/m0/s1. The molecule has 6 rings (SSSR count). The number of hydrogen-bond acceptors (Lipinski definition) is 6. The molecule has 31 heavy (non-hydrogen) atoms. The lowest BCUT2D eigenvalue weighted by Gasteiger charge is -2.60. The number of esters is 1. The number of ether oxygens (including phenoxy) is 1. The summed E-state index contributed by atoms with van der Waals surface area (Å²) in [5, 5.41) is 4.57. The van der Waals surface area contributed by atoms with Crippen LogP contribution < -0.4 is 0 Å². The van der Waals surface area contributed by atoms with E-state index in [2.05, 4.69) is 28.4 Å². The maximum atomic E-state index is 12.6. The molecule has 7 atom stereocenters. The molecule has 4 aliphatic rings. The van der Waals surface area contributed by atoms with E-state index in [1.165, 1.54) is 49.1 Å².